The maximum atomic E-state index is 12.2. The van der Waals surface area contributed by atoms with Gasteiger partial charge in [0.05, 0.1) is 0 Å². The van der Waals surface area contributed by atoms with Gasteiger partial charge in [-0.2, -0.15) is 0 Å². The van der Waals surface area contributed by atoms with Crippen LogP contribution in [0.4, 0.5) is 0 Å². The lowest BCUT2D eigenvalue weighted by Gasteiger charge is -2.34. The fourth-order valence-corrected chi connectivity index (χ4v) is 5.08. The maximum Gasteiger partial charge on any atom is 0.327 e. The van der Waals surface area contributed by atoms with Crippen LogP contribution >= 0.6 is 11.8 Å². The van der Waals surface area contributed by atoms with E-state index >= 15 is 0 Å². The molecule has 2 aliphatic rings. The summed E-state index contributed by atoms with van der Waals surface area (Å²) in [4.78, 5) is 24.7. The van der Waals surface area contributed by atoms with Crippen LogP contribution in [0.2, 0.25) is 0 Å². The maximum absolute atomic E-state index is 12.2. The van der Waals surface area contributed by atoms with Crippen LogP contribution < -0.4 is 0 Å². The summed E-state index contributed by atoms with van der Waals surface area (Å²) in [6.45, 7) is 4.07. The average molecular weight is 291 g/mol. The number of fused-ring (bicyclic) bond motifs is 1. The highest BCUT2D eigenvalue weighted by Gasteiger charge is 2.57. The van der Waals surface area contributed by atoms with Crippen molar-refractivity contribution in [3.05, 3.63) is 34.9 Å². The highest BCUT2D eigenvalue weighted by atomic mass is 32.2. The fourth-order valence-electron chi connectivity index (χ4n) is 3.35. The first kappa shape index (κ1) is 13.5. The first-order valence-corrected chi connectivity index (χ1v) is 7.71. The van der Waals surface area contributed by atoms with Gasteiger partial charge in [0.2, 0.25) is 5.91 Å². The Bertz CT molecular complexity index is 601. The highest BCUT2D eigenvalue weighted by molar-refractivity contribution is 8.00. The lowest BCUT2D eigenvalue weighted by atomic mass is 9.96. The number of nitrogens with zero attached hydrogens (tertiary/aromatic N) is 1. The number of aryl methyl sites for hydroxylation is 2. The van der Waals surface area contributed by atoms with Gasteiger partial charge in [0.1, 0.15) is 10.9 Å². The van der Waals surface area contributed by atoms with Crippen LogP contribution in [0.5, 0.6) is 0 Å². The Labute approximate surface area is 122 Å². The topological polar surface area (TPSA) is 57.6 Å². The van der Waals surface area contributed by atoms with Gasteiger partial charge in [0.15, 0.2) is 0 Å². The van der Waals surface area contributed by atoms with E-state index in [1.807, 2.05) is 26.0 Å². The van der Waals surface area contributed by atoms with Crippen LogP contribution in [0.3, 0.4) is 0 Å². The SMILES string of the molecule is Cc1ccc([C@@]23CCC(=O)N2[C@@H](C(=O)O)CS3)c(C)c1. The molecule has 1 N–H and O–H groups in total. The van der Waals surface area contributed by atoms with E-state index in [9.17, 15) is 14.7 Å². The Balaban J connectivity index is 2.11. The Kier molecular flexibility index (Phi) is 3.05. The molecule has 1 amide bonds. The van der Waals surface area contributed by atoms with E-state index in [1.54, 1.807) is 16.7 Å². The van der Waals surface area contributed by atoms with E-state index in [0.717, 1.165) is 11.1 Å². The van der Waals surface area contributed by atoms with E-state index in [1.165, 1.54) is 5.56 Å². The van der Waals surface area contributed by atoms with Gasteiger partial charge in [-0.25, -0.2) is 4.79 Å². The molecule has 1 aromatic carbocycles. The molecule has 5 heteroatoms. The Morgan fingerprint density at radius 3 is 2.85 bits per heavy atom. The number of carbonyl (C=O) groups excluding carboxylic acids is 1. The van der Waals surface area contributed by atoms with Crippen molar-refractivity contribution in [2.75, 3.05) is 5.75 Å². The van der Waals surface area contributed by atoms with Crippen LogP contribution in [-0.2, 0) is 14.5 Å². The summed E-state index contributed by atoms with van der Waals surface area (Å²) in [5, 5.41) is 9.35. The summed E-state index contributed by atoms with van der Waals surface area (Å²) in [6, 6.07) is 5.48. The van der Waals surface area contributed by atoms with E-state index in [2.05, 4.69) is 6.07 Å². The highest BCUT2D eigenvalue weighted by Crippen LogP contribution is 2.55. The molecule has 0 unspecified atom stereocenters. The third-order valence-corrected chi connectivity index (χ3v) is 5.80. The lowest BCUT2D eigenvalue weighted by Crippen LogP contribution is -2.46. The smallest absolute Gasteiger partial charge is 0.327 e. The molecule has 0 aliphatic carbocycles. The zero-order chi connectivity index (χ0) is 14.5. The molecule has 2 saturated heterocycles. The van der Waals surface area contributed by atoms with Gasteiger partial charge in [-0.15, -0.1) is 11.8 Å². The Hall–Kier alpha value is -1.49. The molecule has 0 bridgehead atoms. The quantitative estimate of drug-likeness (QED) is 0.908. The van der Waals surface area contributed by atoms with E-state index in [0.29, 0.717) is 18.6 Å². The van der Waals surface area contributed by atoms with E-state index < -0.39 is 16.9 Å². The molecule has 0 radical (unpaired) electrons. The van der Waals surface area contributed by atoms with Crippen LogP contribution in [-0.4, -0.2) is 33.7 Å². The van der Waals surface area contributed by atoms with Gasteiger partial charge < -0.3 is 10.0 Å². The summed E-state index contributed by atoms with van der Waals surface area (Å²) in [7, 11) is 0. The number of carbonyl (C=O) groups is 2. The average Bonchev–Trinajstić information content (AvgIpc) is 2.89. The largest absolute Gasteiger partial charge is 0.480 e. The molecule has 0 spiro atoms. The van der Waals surface area contributed by atoms with Gasteiger partial charge in [-0.3, -0.25) is 4.79 Å². The monoisotopic (exact) mass is 291 g/mol. The van der Waals surface area contributed by atoms with Crippen LogP contribution in [0, 0.1) is 13.8 Å². The van der Waals surface area contributed by atoms with Crippen molar-refractivity contribution in [3.63, 3.8) is 0 Å². The molecule has 2 aliphatic heterocycles. The number of thioether (sulfide) groups is 1. The molecular formula is C15H17NO3S. The summed E-state index contributed by atoms with van der Waals surface area (Å²) < 4.78 is 0. The van der Waals surface area contributed by atoms with Crippen molar-refractivity contribution in [3.8, 4) is 0 Å². The second kappa shape index (κ2) is 4.52. The van der Waals surface area contributed by atoms with Gasteiger partial charge in [-0.05, 0) is 31.4 Å². The van der Waals surface area contributed by atoms with E-state index in [-0.39, 0.29) is 5.91 Å². The van der Waals surface area contributed by atoms with E-state index in [4.69, 9.17) is 0 Å². The molecule has 1 aromatic rings. The molecule has 0 saturated carbocycles. The lowest BCUT2D eigenvalue weighted by molar-refractivity contribution is -0.148. The first-order valence-electron chi connectivity index (χ1n) is 6.72. The van der Waals surface area contributed by atoms with Crippen LogP contribution in [0.25, 0.3) is 0 Å². The molecule has 106 valence electrons. The molecule has 4 nitrogen and oxygen atoms in total. The number of hydrogen-bond acceptors (Lipinski definition) is 3. The zero-order valence-electron chi connectivity index (χ0n) is 11.5. The van der Waals surface area contributed by atoms with Crippen molar-refractivity contribution < 1.29 is 14.7 Å². The number of hydrogen-bond donors (Lipinski definition) is 1. The standard InChI is InChI=1S/C15H17NO3S/c1-9-3-4-11(10(2)7-9)15-6-5-13(17)16(15)12(8-20-15)14(18)19/h3-4,7,12H,5-6,8H2,1-2H3,(H,18,19)/t12-,15+/m1/s1. The molecule has 20 heavy (non-hydrogen) atoms. The summed E-state index contributed by atoms with van der Waals surface area (Å²) >= 11 is 1.60. The molecular weight excluding hydrogens is 274 g/mol. The number of carboxylic acids is 1. The molecule has 2 fully saturated rings. The second-order valence-corrected chi connectivity index (χ2v) is 6.83. The van der Waals surface area contributed by atoms with Crippen molar-refractivity contribution in [1.29, 1.82) is 0 Å². The molecule has 2 heterocycles. The minimum atomic E-state index is -0.903. The molecule has 0 aromatic heterocycles. The number of amides is 1. The van der Waals surface area contributed by atoms with Gasteiger partial charge in [0.25, 0.3) is 0 Å². The zero-order valence-corrected chi connectivity index (χ0v) is 12.4. The fraction of sp³-hybridized carbons (Fsp3) is 0.467. The molecule has 2 atom stereocenters. The molecule has 3 rings (SSSR count). The number of rotatable bonds is 2. The van der Waals surface area contributed by atoms with Crippen LogP contribution in [0.1, 0.15) is 29.5 Å². The number of aliphatic carboxylic acids is 1. The number of carboxylic acid groups (broad SMARTS) is 1. The third kappa shape index (κ3) is 1.76. The van der Waals surface area contributed by atoms with Crippen molar-refractivity contribution in [2.24, 2.45) is 0 Å². The first-order chi connectivity index (χ1) is 9.45. The van der Waals surface area contributed by atoms with Gasteiger partial charge in [0, 0.05) is 12.2 Å². The third-order valence-electron chi connectivity index (χ3n) is 4.22. The minimum Gasteiger partial charge on any atom is -0.480 e. The number of benzene rings is 1. The Morgan fingerprint density at radius 2 is 2.20 bits per heavy atom. The van der Waals surface area contributed by atoms with Gasteiger partial charge in [-0.1, -0.05) is 23.8 Å². The predicted octanol–water partition coefficient (Wildman–Crippen LogP) is 2.28. The minimum absolute atomic E-state index is 0.0395. The normalized spacial score (nSPS) is 28.8. The van der Waals surface area contributed by atoms with Gasteiger partial charge >= 0.3 is 5.97 Å². The summed E-state index contributed by atoms with van der Waals surface area (Å²) in [6.07, 6.45) is 1.13. The summed E-state index contributed by atoms with van der Waals surface area (Å²) in [5.41, 5.74) is 3.39. The van der Waals surface area contributed by atoms with Crippen molar-refractivity contribution in [2.45, 2.75) is 37.6 Å². The Morgan fingerprint density at radius 1 is 1.45 bits per heavy atom. The van der Waals surface area contributed by atoms with Crippen molar-refractivity contribution >= 4 is 23.6 Å². The second-order valence-electron chi connectivity index (χ2n) is 5.53. The van der Waals surface area contributed by atoms with Crippen molar-refractivity contribution in [1.82, 2.24) is 4.90 Å². The summed E-state index contributed by atoms with van der Waals surface area (Å²) in [5.74, 6) is -0.476. The van der Waals surface area contributed by atoms with Crippen LogP contribution in [0.15, 0.2) is 18.2 Å². The predicted molar refractivity (Wildman–Crippen MR) is 77.6 cm³/mol.